The molecule has 2 fully saturated rings. The van der Waals surface area contributed by atoms with Gasteiger partial charge in [-0.3, -0.25) is 9.59 Å². The molecule has 1 aromatic rings. The van der Waals surface area contributed by atoms with Crippen LogP contribution in [0.15, 0.2) is 30.3 Å². The van der Waals surface area contributed by atoms with Gasteiger partial charge in [0.25, 0.3) is 5.91 Å². The molecule has 1 aromatic carbocycles. The first-order chi connectivity index (χ1) is 13.1. The normalized spacial score (nSPS) is 23.0. The standard InChI is InChI=1S/C21H31N3O3.ClH/c1-16(27-15-17-7-3-2-4-8-17)21(26)24-12-6-9-18(14-24)13-23-20(25)19-10-5-11-22-19;/h2-4,7-8,16,18-19,22H,5-6,9-15H2,1H3,(H,23,25);1H. The van der Waals surface area contributed by atoms with E-state index >= 15 is 0 Å². The molecule has 2 amide bonds. The Hall–Kier alpha value is -1.63. The van der Waals surface area contributed by atoms with Crippen molar-refractivity contribution in [3.05, 3.63) is 35.9 Å². The average molecular weight is 410 g/mol. The highest BCUT2D eigenvalue weighted by molar-refractivity contribution is 5.85. The molecule has 156 valence electrons. The van der Waals surface area contributed by atoms with E-state index in [9.17, 15) is 9.59 Å². The highest BCUT2D eigenvalue weighted by Crippen LogP contribution is 2.18. The number of carbonyl (C=O) groups is 2. The maximum Gasteiger partial charge on any atom is 0.251 e. The Kier molecular flexibility index (Phi) is 9.22. The summed E-state index contributed by atoms with van der Waals surface area (Å²) in [6, 6.07) is 9.85. The molecule has 2 aliphatic rings. The van der Waals surface area contributed by atoms with Crippen LogP contribution >= 0.6 is 12.4 Å². The number of nitrogens with zero attached hydrogens (tertiary/aromatic N) is 1. The molecule has 0 radical (unpaired) electrons. The van der Waals surface area contributed by atoms with Gasteiger partial charge in [0.1, 0.15) is 6.10 Å². The summed E-state index contributed by atoms with van der Waals surface area (Å²) in [6.45, 7) is 5.28. The van der Waals surface area contributed by atoms with Crippen LogP contribution in [0.5, 0.6) is 0 Å². The first-order valence-electron chi connectivity index (χ1n) is 10.1. The lowest BCUT2D eigenvalue weighted by molar-refractivity contribution is -0.145. The lowest BCUT2D eigenvalue weighted by Crippen LogP contribution is -2.48. The molecule has 3 unspecified atom stereocenters. The number of likely N-dealkylation sites (tertiary alicyclic amines) is 1. The first kappa shape index (κ1) is 22.7. The molecule has 0 saturated carbocycles. The molecule has 0 aliphatic carbocycles. The van der Waals surface area contributed by atoms with Gasteiger partial charge < -0.3 is 20.3 Å². The van der Waals surface area contributed by atoms with Gasteiger partial charge in [0.05, 0.1) is 12.6 Å². The van der Waals surface area contributed by atoms with Crippen LogP contribution in [-0.4, -0.2) is 55.0 Å². The fourth-order valence-electron chi connectivity index (χ4n) is 3.83. The summed E-state index contributed by atoms with van der Waals surface area (Å²) in [5, 5.41) is 6.28. The maximum absolute atomic E-state index is 12.7. The number of amides is 2. The predicted octanol–water partition coefficient (Wildman–Crippen LogP) is 2.12. The Morgan fingerprint density at radius 3 is 2.75 bits per heavy atom. The monoisotopic (exact) mass is 409 g/mol. The molecule has 2 heterocycles. The maximum atomic E-state index is 12.7. The van der Waals surface area contributed by atoms with Crippen LogP contribution in [0, 0.1) is 5.92 Å². The van der Waals surface area contributed by atoms with Gasteiger partial charge in [0.2, 0.25) is 5.91 Å². The highest BCUT2D eigenvalue weighted by atomic mass is 35.5. The van der Waals surface area contributed by atoms with Crippen LogP contribution in [0.1, 0.15) is 38.2 Å². The third-order valence-electron chi connectivity index (χ3n) is 5.46. The summed E-state index contributed by atoms with van der Waals surface area (Å²) in [4.78, 5) is 26.8. The summed E-state index contributed by atoms with van der Waals surface area (Å²) >= 11 is 0. The van der Waals surface area contributed by atoms with E-state index in [4.69, 9.17) is 4.74 Å². The van der Waals surface area contributed by atoms with Crippen LogP contribution < -0.4 is 10.6 Å². The molecule has 2 N–H and O–H groups in total. The molecule has 0 bridgehead atoms. The van der Waals surface area contributed by atoms with Gasteiger partial charge in [-0.25, -0.2) is 0 Å². The average Bonchev–Trinajstić information content (AvgIpc) is 3.25. The Balaban J connectivity index is 0.00000280. The fraction of sp³-hybridized carbons (Fsp3) is 0.619. The van der Waals surface area contributed by atoms with Crippen molar-refractivity contribution in [3.63, 3.8) is 0 Å². The predicted molar refractivity (Wildman–Crippen MR) is 111 cm³/mol. The zero-order valence-corrected chi connectivity index (χ0v) is 17.4. The van der Waals surface area contributed by atoms with E-state index in [1.165, 1.54) is 0 Å². The van der Waals surface area contributed by atoms with Crippen LogP contribution in [-0.2, 0) is 20.9 Å². The number of benzene rings is 1. The van der Waals surface area contributed by atoms with E-state index in [1.807, 2.05) is 42.2 Å². The van der Waals surface area contributed by atoms with Gasteiger partial charge in [-0.1, -0.05) is 30.3 Å². The van der Waals surface area contributed by atoms with E-state index in [2.05, 4.69) is 10.6 Å². The number of piperidine rings is 1. The van der Waals surface area contributed by atoms with E-state index < -0.39 is 6.10 Å². The van der Waals surface area contributed by atoms with Gasteiger partial charge in [-0.2, -0.15) is 0 Å². The minimum atomic E-state index is -0.457. The van der Waals surface area contributed by atoms with Crippen molar-refractivity contribution in [1.82, 2.24) is 15.5 Å². The first-order valence-corrected chi connectivity index (χ1v) is 10.1. The second-order valence-corrected chi connectivity index (χ2v) is 7.63. The van der Waals surface area contributed by atoms with Gasteiger partial charge in [-0.15, -0.1) is 12.4 Å². The number of nitrogens with one attached hydrogen (secondary N) is 2. The molecule has 6 nitrogen and oxygen atoms in total. The van der Waals surface area contributed by atoms with Crippen molar-refractivity contribution in [1.29, 1.82) is 0 Å². The van der Waals surface area contributed by atoms with Crippen LogP contribution in [0.2, 0.25) is 0 Å². The summed E-state index contributed by atoms with van der Waals surface area (Å²) in [5.74, 6) is 0.448. The highest BCUT2D eigenvalue weighted by Gasteiger charge is 2.28. The third kappa shape index (κ3) is 6.47. The zero-order valence-electron chi connectivity index (χ0n) is 16.6. The van der Waals surface area contributed by atoms with Gasteiger partial charge in [0.15, 0.2) is 0 Å². The van der Waals surface area contributed by atoms with E-state index in [-0.39, 0.29) is 30.3 Å². The minimum Gasteiger partial charge on any atom is -0.364 e. The van der Waals surface area contributed by atoms with Crippen LogP contribution in [0.25, 0.3) is 0 Å². The van der Waals surface area contributed by atoms with E-state index in [0.29, 0.717) is 25.6 Å². The molecule has 3 atom stereocenters. The largest absolute Gasteiger partial charge is 0.364 e. The van der Waals surface area contributed by atoms with Crippen molar-refractivity contribution in [2.45, 2.75) is 51.4 Å². The molecular formula is C21H32ClN3O3. The van der Waals surface area contributed by atoms with Gasteiger partial charge in [0, 0.05) is 19.6 Å². The Morgan fingerprint density at radius 2 is 2.04 bits per heavy atom. The summed E-state index contributed by atoms with van der Waals surface area (Å²) in [6.07, 6.45) is 3.53. The molecule has 3 rings (SSSR count). The van der Waals surface area contributed by atoms with Crippen molar-refractivity contribution in [2.24, 2.45) is 5.92 Å². The zero-order chi connectivity index (χ0) is 19.1. The van der Waals surface area contributed by atoms with Crippen molar-refractivity contribution in [3.8, 4) is 0 Å². The molecular weight excluding hydrogens is 378 g/mol. The number of rotatable bonds is 7. The van der Waals surface area contributed by atoms with Crippen LogP contribution in [0.3, 0.4) is 0 Å². The number of hydrogen-bond donors (Lipinski definition) is 2. The summed E-state index contributed by atoms with van der Waals surface area (Å²) in [7, 11) is 0. The van der Waals surface area contributed by atoms with Gasteiger partial charge >= 0.3 is 0 Å². The second-order valence-electron chi connectivity index (χ2n) is 7.63. The summed E-state index contributed by atoms with van der Waals surface area (Å²) in [5.41, 5.74) is 1.07. The molecule has 28 heavy (non-hydrogen) atoms. The minimum absolute atomic E-state index is 0. The Labute approximate surface area is 173 Å². The van der Waals surface area contributed by atoms with Crippen molar-refractivity contribution in [2.75, 3.05) is 26.2 Å². The van der Waals surface area contributed by atoms with Gasteiger partial charge in [-0.05, 0) is 50.6 Å². The number of carbonyl (C=O) groups excluding carboxylic acids is 2. The number of halogens is 1. The Morgan fingerprint density at radius 1 is 1.25 bits per heavy atom. The quantitative estimate of drug-likeness (QED) is 0.723. The lowest BCUT2D eigenvalue weighted by Gasteiger charge is -2.34. The van der Waals surface area contributed by atoms with E-state index in [0.717, 1.165) is 44.3 Å². The third-order valence-corrected chi connectivity index (χ3v) is 5.46. The van der Waals surface area contributed by atoms with Crippen LogP contribution in [0.4, 0.5) is 0 Å². The molecule has 0 aromatic heterocycles. The van der Waals surface area contributed by atoms with Crippen molar-refractivity contribution >= 4 is 24.2 Å². The molecule has 7 heteroatoms. The SMILES string of the molecule is CC(OCc1ccccc1)C(=O)N1CCCC(CNC(=O)C2CCCN2)C1.Cl. The van der Waals surface area contributed by atoms with E-state index in [1.54, 1.807) is 0 Å². The summed E-state index contributed by atoms with van der Waals surface area (Å²) < 4.78 is 5.77. The topological polar surface area (TPSA) is 70.7 Å². The number of ether oxygens (including phenoxy) is 1. The van der Waals surface area contributed by atoms with Crippen molar-refractivity contribution < 1.29 is 14.3 Å². The molecule has 0 spiro atoms. The second kappa shape index (κ2) is 11.4. The Bertz CT molecular complexity index is 623. The molecule has 2 saturated heterocycles. The number of hydrogen-bond acceptors (Lipinski definition) is 4. The fourth-order valence-corrected chi connectivity index (χ4v) is 3.83. The molecule has 2 aliphatic heterocycles. The smallest absolute Gasteiger partial charge is 0.251 e. The lowest BCUT2D eigenvalue weighted by atomic mass is 9.97.